The van der Waals surface area contributed by atoms with Crippen LogP contribution in [0.4, 0.5) is 0 Å². The zero-order valence-electron chi connectivity index (χ0n) is 17.4. The van der Waals surface area contributed by atoms with Gasteiger partial charge in [0.2, 0.25) is 0 Å². The number of oxime groups is 1. The molecule has 1 aromatic carbocycles. The van der Waals surface area contributed by atoms with Crippen LogP contribution in [0.25, 0.3) is 5.69 Å². The van der Waals surface area contributed by atoms with Crippen molar-refractivity contribution in [3.8, 4) is 18.0 Å². The van der Waals surface area contributed by atoms with E-state index < -0.39 is 17.4 Å². The molecule has 2 aromatic rings. The molecule has 0 saturated carbocycles. The average molecular weight is 426 g/mol. The SMILES string of the molecule is C#CCCCO/N=C(\[C@H]1OC1C)[C@H]1CCn2c(=O)n(-c3ccccc3)c(=O)n2[C@H]1CO. The molecule has 31 heavy (non-hydrogen) atoms. The number of terminal acetylenes is 1. The van der Waals surface area contributed by atoms with E-state index in [1.165, 1.54) is 9.36 Å². The number of hydrogen-bond donors (Lipinski definition) is 1. The zero-order chi connectivity index (χ0) is 22.0. The fourth-order valence-electron chi connectivity index (χ4n) is 4.18. The highest BCUT2D eigenvalue weighted by Gasteiger charge is 2.47. The van der Waals surface area contributed by atoms with E-state index in [4.69, 9.17) is 16.0 Å². The van der Waals surface area contributed by atoms with Crippen LogP contribution in [-0.2, 0) is 16.1 Å². The lowest BCUT2D eigenvalue weighted by molar-refractivity contribution is 0.120. The van der Waals surface area contributed by atoms with Crippen LogP contribution < -0.4 is 11.4 Å². The van der Waals surface area contributed by atoms with Crippen molar-refractivity contribution in [1.29, 1.82) is 0 Å². The number of ether oxygens (including phenoxy) is 1. The summed E-state index contributed by atoms with van der Waals surface area (Å²) in [6.45, 7) is 2.32. The largest absolute Gasteiger partial charge is 0.396 e. The molecular formula is C22H26N4O5. The first kappa shape index (κ1) is 21.2. The summed E-state index contributed by atoms with van der Waals surface area (Å²) in [5.74, 6) is 2.26. The smallest absolute Gasteiger partial charge is 0.352 e. The van der Waals surface area contributed by atoms with Crippen LogP contribution in [-0.4, -0.2) is 50.2 Å². The molecule has 1 saturated heterocycles. The molecule has 1 unspecified atom stereocenters. The number of epoxide rings is 1. The Balaban J connectivity index is 1.69. The summed E-state index contributed by atoms with van der Waals surface area (Å²) >= 11 is 0. The van der Waals surface area contributed by atoms with Crippen LogP contribution in [0.1, 0.15) is 32.2 Å². The Hall–Kier alpha value is -3.09. The van der Waals surface area contributed by atoms with Gasteiger partial charge in [-0.2, -0.15) is 0 Å². The maximum Gasteiger partial charge on any atom is 0.352 e. The van der Waals surface area contributed by atoms with Gasteiger partial charge < -0.3 is 14.7 Å². The lowest BCUT2D eigenvalue weighted by Crippen LogP contribution is -2.45. The molecule has 0 amide bonds. The molecule has 0 bridgehead atoms. The standard InChI is InChI=1S/C22H26N4O5/c1-3-4-8-13-30-23-19(20-15(2)31-20)17-11-12-24-21(28)25(16-9-6-5-7-10-16)22(29)26(24)18(17)14-27/h1,5-7,9-10,15,17-18,20,27H,4,8,11-14H2,2H3/b23-19-/t15?,17-,18-,20-/m0/s1. The molecule has 9 heteroatoms. The second-order valence-electron chi connectivity index (χ2n) is 7.77. The van der Waals surface area contributed by atoms with E-state index in [0.717, 1.165) is 4.57 Å². The highest BCUT2D eigenvalue weighted by Crippen LogP contribution is 2.34. The second-order valence-corrected chi connectivity index (χ2v) is 7.77. The predicted molar refractivity (Wildman–Crippen MR) is 114 cm³/mol. The van der Waals surface area contributed by atoms with Gasteiger partial charge in [-0.25, -0.2) is 23.5 Å². The van der Waals surface area contributed by atoms with Crippen LogP contribution in [0.3, 0.4) is 0 Å². The van der Waals surface area contributed by atoms with E-state index in [-0.39, 0.29) is 24.7 Å². The summed E-state index contributed by atoms with van der Waals surface area (Å²) in [7, 11) is 0. The Morgan fingerprint density at radius 1 is 1.32 bits per heavy atom. The predicted octanol–water partition coefficient (Wildman–Crippen LogP) is 0.927. The fraction of sp³-hybridized carbons (Fsp3) is 0.500. The minimum atomic E-state index is -0.650. The summed E-state index contributed by atoms with van der Waals surface area (Å²) in [5.41, 5.74) is 0.238. The zero-order valence-corrected chi connectivity index (χ0v) is 17.4. The third kappa shape index (κ3) is 3.96. The highest BCUT2D eigenvalue weighted by atomic mass is 16.6. The van der Waals surface area contributed by atoms with Crippen molar-refractivity contribution in [2.75, 3.05) is 13.2 Å². The van der Waals surface area contributed by atoms with Crippen molar-refractivity contribution in [3.63, 3.8) is 0 Å². The molecule has 2 aliphatic rings. The monoisotopic (exact) mass is 426 g/mol. The number of para-hydroxylation sites is 1. The van der Waals surface area contributed by atoms with Crippen molar-refractivity contribution < 1.29 is 14.7 Å². The normalized spacial score (nSPS) is 25.0. The lowest BCUT2D eigenvalue weighted by atomic mass is 9.88. The summed E-state index contributed by atoms with van der Waals surface area (Å²) in [6, 6.07) is 8.11. The molecular weight excluding hydrogens is 400 g/mol. The quantitative estimate of drug-likeness (QED) is 0.222. The van der Waals surface area contributed by atoms with E-state index in [1.807, 2.05) is 13.0 Å². The number of unbranched alkanes of at least 4 members (excludes halogenated alkanes) is 1. The van der Waals surface area contributed by atoms with Crippen LogP contribution in [0, 0.1) is 18.3 Å². The van der Waals surface area contributed by atoms with Gasteiger partial charge >= 0.3 is 11.4 Å². The Bertz CT molecular complexity index is 1110. The molecule has 0 aliphatic carbocycles. The maximum atomic E-state index is 13.2. The van der Waals surface area contributed by atoms with Crippen LogP contribution in [0.15, 0.2) is 45.1 Å². The molecule has 4 atom stereocenters. The van der Waals surface area contributed by atoms with E-state index in [1.54, 1.807) is 24.3 Å². The molecule has 164 valence electrons. The summed E-state index contributed by atoms with van der Waals surface area (Å²) in [4.78, 5) is 31.7. The molecule has 0 radical (unpaired) electrons. The van der Waals surface area contributed by atoms with Crippen LogP contribution in [0.5, 0.6) is 0 Å². The molecule has 2 aliphatic heterocycles. The van der Waals surface area contributed by atoms with Crippen molar-refractivity contribution in [2.45, 2.75) is 51.0 Å². The fourth-order valence-corrected chi connectivity index (χ4v) is 4.18. The first-order valence-electron chi connectivity index (χ1n) is 10.5. The number of fused-ring (bicyclic) bond motifs is 1. The van der Waals surface area contributed by atoms with Gasteiger partial charge in [0.1, 0.15) is 12.7 Å². The molecule has 1 aromatic heterocycles. The van der Waals surface area contributed by atoms with Gasteiger partial charge in [0.15, 0.2) is 0 Å². The van der Waals surface area contributed by atoms with Gasteiger partial charge in [-0.15, -0.1) is 12.3 Å². The van der Waals surface area contributed by atoms with Gasteiger partial charge in [-0.1, -0.05) is 23.4 Å². The number of aromatic nitrogens is 3. The van der Waals surface area contributed by atoms with Crippen LogP contribution in [0.2, 0.25) is 0 Å². The third-order valence-electron chi connectivity index (χ3n) is 5.80. The first-order chi connectivity index (χ1) is 15.1. The third-order valence-corrected chi connectivity index (χ3v) is 5.80. The molecule has 1 fully saturated rings. The number of benzene rings is 1. The Morgan fingerprint density at radius 3 is 2.71 bits per heavy atom. The van der Waals surface area contributed by atoms with Crippen molar-refractivity contribution in [1.82, 2.24) is 13.9 Å². The van der Waals surface area contributed by atoms with Gasteiger partial charge in [-0.05, 0) is 31.9 Å². The molecule has 9 nitrogen and oxygen atoms in total. The van der Waals surface area contributed by atoms with Crippen molar-refractivity contribution in [2.24, 2.45) is 11.1 Å². The Morgan fingerprint density at radius 2 is 2.06 bits per heavy atom. The molecule has 3 heterocycles. The van der Waals surface area contributed by atoms with Crippen LogP contribution >= 0.6 is 0 Å². The molecule has 4 rings (SSSR count). The second kappa shape index (κ2) is 8.96. The average Bonchev–Trinajstić information content (AvgIpc) is 3.45. The van der Waals surface area contributed by atoms with Gasteiger partial charge in [0, 0.05) is 18.9 Å². The molecule has 1 N–H and O–H groups in total. The van der Waals surface area contributed by atoms with Gasteiger partial charge in [0.25, 0.3) is 0 Å². The number of rotatable bonds is 8. The minimum absolute atomic E-state index is 0.0119. The maximum absolute atomic E-state index is 13.2. The van der Waals surface area contributed by atoms with E-state index in [2.05, 4.69) is 11.1 Å². The highest BCUT2D eigenvalue weighted by molar-refractivity contribution is 5.93. The summed E-state index contributed by atoms with van der Waals surface area (Å²) < 4.78 is 9.52. The number of nitrogens with zero attached hydrogens (tertiary/aromatic N) is 4. The Labute approximate surface area is 179 Å². The molecule has 0 spiro atoms. The van der Waals surface area contributed by atoms with E-state index >= 15 is 0 Å². The van der Waals surface area contributed by atoms with Crippen molar-refractivity contribution in [3.05, 3.63) is 51.3 Å². The Kier molecular flexibility index (Phi) is 6.11. The van der Waals surface area contributed by atoms with Crippen molar-refractivity contribution >= 4 is 5.71 Å². The minimum Gasteiger partial charge on any atom is -0.396 e. The topological polar surface area (TPSA) is 103 Å². The van der Waals surface area contributed by atoms with E-state index in [9.17, 15) is 14.7 Å². The summed E-state index contributed by atoms with van der Waals surface area (Å²) in [6.07, 6.45) is 6.84. The summed E-state index contributed by atoms with van der Waals surface area (Å²) in [5, 5.41) is 14.5. The number of aliphatic hydroxyl groups is 1. The number of hydrogen-bond acceptors (Lipinski definition) is 6. The number of aliphatic hydroxyl groups excluding tert-OH is 1. The van der Waals surface area contributed by atoms with E-state index in [0.29, 0.717) is 43.8 Å². The lowest BCUT2D eigenvalue weighted by Gasteiger charge is -2.32. The van der Waals surface area contributed by atoms with Gasteiger partial charge in [-0.3, -0.25) is 0 Å². The first-order valence-corrected chi connectivity index (χ1v) is 10.5. The van der Waals surface area contributed by atoms with Gasteiger partial charge in [0.05, 0.1) is 30.2 Å².